The number of benzene rings is 1. The van der Waals surface area contributed by atoms with E-state index in [4.69, 9.17) is 11.2 Å². The van der Waals surface area contributed by atoms with E-state index in [-0.39, 0.29) is 19.6 Å². The number of alkyl halides is 2. The summed E-state index contributed by atoms with van der Waals surface area (Å²) in [7, 11) is 0. The van der Waals surface area contributed by atoms with Crippen molar-refractivity contribution in [1.82, 2.24) is 15.5 Å². The number of nitrogens with one attached hydrogen (secondary N) is 2. The second-order valence-corrected chi connectivity index (χ2v) is 7.24. The van der Waals surface area contributed by atoms with Crippen molar-refractivity contribution in [1.29, 1.82) is 0 Å². The first-order chi connectivity index (χ1) is 15.2. The van der Waals surface area contributed by atoms with Crippen LogP contribution in [0, 0.1) is 12.3 Å². The van der Waals surface area contributed by atoms with Gasteiger partial charge in [-0.2, -0.15) is 0 Å². The third-order valence-electron chi connectivity index (χ3n) is 4.80. The fraction of sp³-hybridized carbons (Fsp3) is 0.409. The molecule has 0 aliphatic carbocycles. The van der Waals surface area contributed by atoms with Crippen molar-refractivity contribution < 1.29 is 33.0 Å². The van der Waals surface area contributed by atoms with Crippen LogP contribution in [0.2, 0.25) is 0 Å². The van der Waals surface area contributed by atoms with Gasteiger partial charge in [-0.1, -0.05) is 42.3 Å². The van der Waals surface area contributed by atoms with E-state index in [1.54, 1.807) is 30.3 Å². The summed E-state index contributed by atoms with van der Waals surface area (Å²) in [5.74, 6) is -3.10. The van der Waals surface area contributed by atoms with Gasteiger partial charge in [-0.3, -0.25) is 9.59 Å². The van der Waals surface area contributed by atoms with Crippen LogP contribution in [0.5, 0.6) is 0 Å². The molecular formula is C22H25F2N3O5. The molecule has 1 aliphatic heterocycles. The average molecular weight is 449 g/mol. The van der Waals surface area contributed by atoms with Crippen LogP contribution >= 0.6 is 0 Å². The van der Waals surface area contributed by atoms with Crippen LogP contribution in [-0.4, -0.2) is 71.7 Å². The molecule has 0 radical (unpaired) electrons. The van der Waals surface area contributed by atoms with Crippen LogP contribution in [-0.2, 0) is 20.7 Å². The molecule has 0 unspecified atom stereocenters. The number of nitrogens with zero attached hydrogens (tertiary/aromatic N) is 1. The normalized spacial score (nSPS) is 18.7. The first kappa shape index (κ1) is 24.8. The van der Waals surface area contributed by atoms with Crippen molar-refractivity contribution in [3.8, 4) is 12.3 Å². The van der Waals surface area contributed by atoms with Crippen LogP contribution in [0.15, 0.2) is 43.0 Å². The topological polar surface area (TPSA) is 108 Å². The third kappa shape index (κ3) is 6.78. The lowest BCUT2D eigenvalue weighted by Crippen LogP contribution is -2.56. The number of terminal acetylenes is 1. The van der Waals surface area contributed by atoms with Crippen molar-refractivity contribution in [3.63, 3.8) is 0 Å². The largest absolute Gasteiger partial charge is 0.436 e. The van der Waals surface area contributed by atoms with Crippen LogP contribution < -0.4 is 10.6 Å². The Hall–Kier alpha value is -3.45. The van der Waals surface area contributed by atoms with Crippen LogP contribution in [0.25, 0.3) is 0 Å². The zero-order valence-electron chi connectivity index (χ0n) is 17.3. The number of aliphatic hydroxyl groups is 1. The molecule has 3 N–H and O–H groups in total. The lowest BCUT2D eigenvalue weighted by Gasteiger charge is -2.29. The van der Waals surface area contributed by atoms with Crippen LogP contribution in [0.4, 0.5) is 13.6 Å². The maximum Gasteiger partial charge on any atom is 0.408 e. The minimum atomic E-state index is -3.31. The molecular weight excluding hydrogens is 424 g/mol. The number of aliphatic hydroxyl groups excluding tert-OH is 1. The van der Waals surface area contributed by atoms with Gasteiger partial charge in [0.1, 0.15) is 6.04 Å². The number of amides is 3. The highest BCUT2D eigenvalue weighted by Gasteiger charge is 2.51. The summed E-state index contributed by atoms with van der Waals surface area (Å²) in [6, 6.07) is 5.91. The summed E-state index contributed by atoms with van der Waals surface area (Å²) >= 11 is 0. The van der Waals surface area contributed by atoms with Crippen molar-refractivity contribution >= 4 is 17.9 Å². The highest BCUT2D eigenvalue weighted by molar-refractivity contribution is 5.90. The van der Waals surface area contributed by atoms with Gasteiger partial charge in [-0.15, -0.1) is 13.0 Å². The Bertz CT molecular complexity index is 872. The number of halogens is 2. The number of alkyl carbamates (subject to hydrolysis) is 1. The Morgan fingerprint density at radius 1 is 1.38 bits per heavy atom. The lowest BCUT2D eigenvalue weighted by molar-refractivity contribution is -0.147. The molecule has 0 saturated carbocycles. The Morgan fingerprint density at radius 2 is 2.06 bits per heavy atom. The number of likely N-dealkylation sites (tertiary alicyclic amines) is 1. The van der Waals surface area contributed by atoms with E-state index in [1.165, 1.54) is 6.08 Å². The van der Waals surface area contributed by atoms with Crippen molar-refractivity contribution in [2.75, 3.05) is 19.7 Å². The Balaban J connectivity index is 2.23. The maximum absolute atomic E-state index is 14.1. The summed E-state index contributed by atoms with van der Waals surface area (Å²) in [4.78, 5) is 37.9. The smallest absolute Gasteiger partial charge is 0.408 e. The molecule has 1 saturated heterocycles. The minimum Gasteiger partial charge on any atom is -0.436 e. The molecule has 0 bridgehead atoms. The van der Waals surface area contributed by atoms with Crippen LogP contribution in [0.1, 0.15) is 12.0 Å². The van der Waals surface area contributed by atoms with Gasteiger partial charge in [0.05, 0.1) is 12.6 Å². The number of ether oxygens (including phenoxy) is 1. The standard InChI is InChI=1S/C22H25F2N3O5/c1-3-10-25-19(29)17-13-22(23,24)14-27(17)20(30)18(28)16(26-21(31)32-11-4-2)12-15-8-6-5-7-9-15/h2-3,5-9,16-18,28H,1,10-14H2,(H,25,29)(H,26,31)/t16-,17-,18-/m0/s1. The SMILES string of the molecule is C#CCOC(=O)N[C@@H](Cc1ccccc1)[C@H](O)C(=O)N1CC(F)(F)C[C@H]1C(=O)NCC=C. The molecule has 10 heteroatoms. The quantitative estimate of drug-likeness (QED) is 0.383. The van der Waals surface area contributed by atoms with Gasteiger partial charge in [0.2, 0.25) is 5.91 Å². The number of rotatable bonds is 9. The summed E-state index contributed by atoms with van der Waals surface area (Å²) in [6.45, 7) is 2.10. The molecule has 0 aromatic heterocycles. The first-order valence-corrected chi connectivity index (χ1v) is 9.84. The Kier molecular flexibility index (Phi) is 8.72. The highest BCUT2D eigenvalue weighted by Crippen LogP contribution is 2.33. The van der Waals surface area contributed by atoms with E-state index in [2.05, 4.69) is 23.1 Å². The molecule has 1 aliphatic rings. The molecule has 2 rings (SSSR count). The fourth-order valence-electron chi connectivity index (χ4n) is 3.33. The van der Waals surface area contributed by atoms with Crippen LogP contribution in [0.3, 0.4) is 0 Å². The second kappa shape index (κ2) is 11.2. The summed E-state index contributed by atoms with van der Waals surface area (Å²) < 4.78 is 32.9. The predicted octanol–water partition coefficient (Wildman–Crippen LogP) is 0.856. The molecule has 3 amide bonds. The summed E-state index contributed by atoms with van der Waals surface area (Å²) in [6.07, 6.45) is 2.63. The van der Waals surface area contributed by atoms with E-state index in [1.807, 2.05) is 0 Å². The van der Waals surface area contributed by atoms with Gasteiger partial charge >= 0.3 is 6.09 Å². The molecule has 1 heterocycles. The summed E-state index contributed by atoms with van der Waals surface area (Å²) in [5.41, 5.74) is 0.661. The van der Waals surface area contributed by atoms with E-state index >= 15 is 0 Å². The Morgan fingerprint density at radius 3 is 2.69 bits per heavy atom. The fourth-order valence-corrected chi connectivity index (χ4v) is 3.33. The number of hydrogen-bond acceptors (Lipinski definition) is 5. The lowest BCUT2D eigenvalue weighted by atomic mass is 10.00. The number of carbonyl (C=O) groups excluding carboxylic acids is 3. The van der Waals surface area contributed by atoms with Gasteiger partial charge in [0, 0.05) is 13.0 Å². The van der Waals surface area contributed by atoms with Crippen molar-refractivity contribution in [2.24, 2.45) is 0 Å². The van der Waals surface area contributed by atoms with Crippen molar-refractivity contribution in [2.45, 2.75) is 37.0 Å². The van der Waals surface area contributed by atoms with Gasteiger partial charge in [-0.05, 0) is 12.0 Å². The number of hydrogen-bond donors (Lipinski definition) is 3. The van der Waals surface area contributed by atoms with E-state index in [9.17, 15) is 28.3 Å². The van der Waals surface area contributed by atoms with Crippen molar-refractivity contribution in [3.05, 3.63) is 48.6 Å². The minimum absolute atomic E-state index is 0.00351. The zero-order chi connectivity index (χ0) is 23.7. The number of carbonyl (C=O) groups is 3. The first-order valence-electron chi connectivity index (χ1n) is 9.84. The summed E-state index contributed by atoms with van der Waals surface area (Å²) in [5, 5.41) is 15.5. The molecule has 32 heavy (non-hydrogen) atoms. The molecule has 1 aromatic carbocycles. The van der Waals surface area contributed by atoms with Gasteiger partial charge < -0.3 is 25.4 Å². The molecule has 3 atom stereocenters. The molecule has 1 fully saturated rings. The van der Waals surface area contributed by atoms with Gasteiger partial charge in [-0.25, -0.2) is 13.6 Å². The molecule has 1 aromatic rings. The molecule has 172 valence electrons. The van der Waals surface area contributed by atoms with E-state index < -0.39 is 55.0 Å². The van der Waals surface area contributed by atoms with E-state index in [0.29, 0.717) is 10.5 Å². The maximum atomic E-state index is 14.1. The molecule has 8 nitrogen and oxygen atoms in total. The predicted molar refractivity (Wildman–Crippen MR) is 112 cm³/mol. The highest BCUT2D eigenvalue weighted by atomic mass is 19.3. The second-order valence-electron chi connectivity index (χ2n) is 7.24. The van der Waals surface area contributed by atoms with Gasteiger partial charge in [0.15, 0.2) is 12.7 Å². The van der Waals surface area contributed by atoms with E-state index in [0.717, 1.165) is 0 Å². The molecule has 0 spiro atoms. The monoisotopic (exact) mass is 449 g/mol. The average Bonchev–Trinajstić information content (AvgIpc) is 3.10. The van der Waals surface area contributed by atoms with Gasteiger partial charge in [0.25, 0.3) is 11.8 Å². The zero-order valence-corrected chi connectivity index (χ0v) is 17.3. The third-order valence-corrected chi connectivity index (χ3v) is 4.80. The Labute approximate surface area is 184 Å².